The van der Waals surface area contributed by atoms with Crippen LogP contribution in [0.25, 0.3) is 0 Å². The van der Waals surface area contributed by atoms with Crippen molar-refractivity contribution in [2.24, 2.45) is 0 Å². The summed E-state index contributed by atoms with van der Waals surface area (Å²) in [7, 11) is 0. The number of likely N-dealkylation sites (N-methyl/N-ethyl adjacent to an activating group) is 1. The molecule has 0 bridgehead atoms. The number of benzene rings is 1. The molecule has 0 aliphatic heterocycles. The Morgan fingerprint density at radius 2 is 1.84 bits per heavy atom. The zero-order valence-corrected chi connectivity index (χ0v) is 13.9. The van der Waals surface area contributed by atoms with E-state index < -0.39 is 0 Å². The van der Waals surface area contributed by atoms with Gasteiger partial charge in [-0.3, -0.25) is 0 Å². The van der Waals surface area contributed by atoms with E-state index in [1.54, 1.807) is 5.57 Å². The third-order valence-corrected chi connectivity index (χ3v) is 4.53. The normalized spacial score (nSPS) is 21.1. The van der Waals surface area contributed by atoms with Crippen LogP contribution in [-0.4, -0.2) is 6.54 Å². The molecule has 0 heterocycles. The first kappa shape index (κ1) is 15.0. The van der Waals surface area contributed by atoms with Gasteiger partial charge in [0.1, 0.15) is 0 Å². The molecule has 19 heavy (non-hydrogen) atoms. The van der Waals surface area contributed by atoms with Crippen LogP contribution >= 0.6 is 22.6 Å². The highest BCUT2D eigenvalue weighted by molar-refractivity contribution is 14.1. The summed E-state index contributed by atoms with van der Waals surface area (Å²) in [6, 6.07) is 9.39. The Balaban J connectivity index is 2.20. The number of halogens is 1. The lowest BCUT2D eigenvalue weighted by Crippen LogP contribution is -2.23. The maximum Gasteiger partial charge on any atom is 0.0535 e. The summed E-state index contributed by atoms with van der Waals surface area (Å²) in [5.41, 5.74) is 3.01. The smallest absolute Gasteiger partial charge is 0.0535 e. The quantitative estimate of drug-likeness (QED) is 0.567. The predicted octanol–water partition coefficient (Wildman–Crippen LogP) is 5.22. The van der Waals surface area contributed by atoms with Gasteiger partial charge in [0.15, 0.2) is 0 Å². The molecular formula is C17H24IN. The Morgan fingerprint density at radius 3 is 2.58 bits per heavy atom. The van der Waals surface area contributed by atoms with E-state index in [2.05, 4.69) is 65.2 Å². The minimum atomic E-state index is 0.417. The molecule has 1 unspecified atom stereocenters. The van der Waals surface area contributed by atoms with E-state index in [9.17, 15) is 0 Å². The van der Waals surface area contributed by atoms with Crippen LogP contribution < -0.4 is 5.32 Å². The second-order valence-corrected chi connectivity index (χ2v) is 6.52. The zero-order valence-electron chi connectivity index (χ0n) is 11.8. The van der Waals surface area contributed by atoms with Crippen LogP contribution in [0, 0.1) is 3.57 Å². The molecule has 2 heteroatoms. The molecule has 0 radical (unpaired) electrons. The summed E-state index contributed by atoms with van der Waals surface area (Å²) >= 11 is 2.37. The highest BCUT2D eigenvalue weighted by atomic mass is 127. The van der Waals surface area contributed by atoms with Crippen LogP contribution in [0.5, 0.6) is 0 Å². The van der Waals surface area contributed by atoms with E-state index in [1.165, 1.54) is 47.7 Å². The average Bonchev–Trinajstić information content (AvgIpc) is 2.38. The monoisotopic (exact) mass is 369 g/mol. The Labute approximate surface area is 131 Å². The van der Waals surface area contributed by atoms with Gasteiger partial charge in [-0.15, -0.1) is 0 Å². The number of hydrogen-bond acceptors (Lipinski definition) is 1. The summed E-state index contributed by atoms with van der Waals surface area (Å²) in [5, 5.41) is 3.67. The van der Waals surface area contributed by atoms with E-state index in [0.717, 1.165) is 6.54 Å². The fourth-order valence-corrected chi connectivity index (χ4v) is 3.16. The van der Waals surface area contributed by atoms with E-state index in [0.29, 0.717) is 6.04 Å². The van der Waals surface area contributed by atoms with Crippen molar-refractivity contribution < 1.29 is 0 Å². The molecule has 0 saturated heterocycles. The average molecular weight is 369 g/mol. The molecule has 1 nitrogen and oxygen atoms in total. The molecule has 2 rings (SSSR count). The minimum absolute atomic E-state index is 0.417. The third kappa shape index (κ3) is 4.60. The molecule has 0 fully saturated rings. The molecule has 0 saturated carbocycles. The fourth-order valence-electron chi connectivity index (χ4n) is 2.80. The molecule has 0 spiro atoms. The first-order valence-electron chi connectivity index (χ1n) is 7.49. The van der Waals surface area contributed by atoms with Gasteiger partial charge in [0.2, 0.25) is 0 Å². The largest absolute Gasteiger partial charge is 0.307 e. The zero-order chi connectivity index (χ0) is 13.5. The second kappa shape index (κ2) is 8.05. The Bertz CT molecular complexity index is 408. The van der Waals surface area contributed by atoms with Crippen LogP contribution in [0.15, 0.2) is 35.9 Å². The van der Waals surface area contributed by atoms with Crippen molar-refractivity contribution in [2.75, 3.05) is 6.54 Å². The molecule has 1 aliphatic carbocycles. The molecule has 1 aromatic carbocycles. The predicted molar refractivity (Wildman–Crippen MR) is 91.4 cm³/mol. The van der Waals surface area contributed by atoms with Crippen molar-refractivity contribution in [1.29, 1.82) is 0 Å². The van der Waals surface area contributed by atoms with Crippen molar-refractivity contribution in [1.82, 2.24) is 5.32 Å². The molecule has 0 amide bonds. The summed E-state index contributed by atoms with van der Waals surface area (Å²) in [6.45, 7) is 3.22. The van der Waals surface area contributed by atoms with Crippen LogP contribution in [0.1, 0.15) is 57.1 Å². The first-order valence-corrected chi connectivity index (χ1v) is 8.57. The van der Waals surface area contributed by atoms with Gasteiger partial charge in [-0.05, 0) is 72.5 Å². The maximum absolute atomic E-state index is 3.67. The standard InChI is InChI=1S/C17H24IN/c1-2-19-17(15-10-12-16(18)13-11-15)14-8-6-4-3-5-7-9-14/h8,10-13,17,19H,2-7,9H2,1H3/b14-8+. The van der Waals surface area contributed by atoms with Crippen molar-refractivity contribution in [2.45, 2.75) is 51.5 Å². The molecule has 1 atom stereocenters. The van der Waals surface area contributed by atoms with Gasteiger partial charge >= 0.3 is 0 Å². The summed E-state index contributed by atoms with van der Waals surface area (Å²) in [5.74, 6) is 0. The van der Waals surface area contributed by atoms with E-state index in [-0.39, 0.29) is 0 Å². The van der Waals surface area contributed by atoms with Crippen molar-refractivity contribution in [3.05, 3.63) is 45.0 Å². The van der Waals surface area contributed by atoms with Gasteiger partial charge in [-0.1, -0.05) is 43.5 Å². The summed E-state index contributed by atoms with van der Waals surface area (Å²) in [6.07, 6.45) is 10.5. The van der Waals surface area contributed by atoms with Crippen molar-refractivity contribution in [3.63, 3.8) is 0 Å². The summed E-state index contributed by atoms with van der Waals surface area (Å²) < 4.78 is 1.31. The maximum atomic E-state index is 3.67. The van der Waals surface area contributed by atoms with E-state index in [4.69, 9.17) is 0 Å². The van der Waals surface area contributed by atoms with Crippen LogP contribution in [0.4, 0.5) is 0 Å². The second-order valence-electron chi connectivity index (χ2n) is 5.27. The molecule has 0 aromatic heterocycles. The Hall–Kier alpha value is -0.350. The Kier molecular flexibility index (Phi) is 6.38. The van der Waals surface area contributed by atoms with Gasteiger partial charge < -0.3 is 5.32 Å². The number of hydrogen-bond donors (Lipinski definition) is 1. The topological polar surface area (TPSA) is 12.0 Å². The summed E-state index contributed by atoms with van der Waals surface area (Å²) in [4.78, 5) is 0. The Morgan fingerprint density at radius 1 is 1.11 bits per heavy atom. The lowest BCUT2D eigenvalue weighted by atomic mass is 9.91. The lowest BCUT2D eigenvalue weighted by Gasteiger charge is -2.23. The third-order valence-electron chi connectivity index (χ3n) is 3.81. The highest BCUT2D eigenvalue weighted by Crippen LogP contribution is 2.29. The van der Waals surface area contributed by atoms with Crippen molar-refractivity contribution >= 4 is 22.6 Å². The minimum Gasteiger partial charge on any atom is -0.307 e. The SMILES string of the molecule is CCNC(/C1=C/CCCCCC1)c1ccc(I)cc1. The first-order chi connectivity index (χ1) is 9.31. The van der Waals surface area contributed by atoms with Gasteiger partial charge in [0.25, 0.3) is 0 Å². The molecule has 1 N–H and O–H groups in total. The number of allylic oxidation sites excluding steroid dienone is 1. The molecular weight excluding hydrogens is 345 g/mol. The van der Waals surface area contributed by atoms with Crippen molar-refractivity contribution in [3.8, 4) is 0 Å². The number of rotatable bonds is 4. The van der Waals surface area contributed by atoms with Gasteiger partial charge in [-0.25, -0.2) is 0 Å². The molecule has 104 valence electrons. The van der Waals surface area contributed by atoms with E-state index >= 15 is 0 Å². The fraction of sp³-hybridized carbons (Fsp3) is 0.529. The highest BCUT2D eigenvalue weighted by Gasteiger charge is 2.16. The van der Waals surface area contributed by atoms with Gasteiger partial charge in [-0.2, -0.15) is 0 Å². The molecule has 1 aromatic rings. The number of nitrogens with one attached hydrogen (secondary N) is 1. The molecule has 1 aliphatic rings. The van der Waals surface area contributed by atoms with Gasteiger partial charge in [0.05, 0.1) is 6.04 Å². The lowest BCUT2D eigenvalue weighted by molar-refractivity contribution is 0.554. The van der Waals surface area contributed by atoms with E-state index in [1.807, 2.05) is 0 Å². The van der Waals surface area contributed by atoms with Gasteiger partial charge in [0, 0.05) is 3.57 Å². The van der Waals surface area contributed by atoms with Crippen LogP contribution in [0.2, 0.25) is 0 Å². The van der Waals surface area contributed by atoms with Crippen LogP contribution in [-0.2, 0) is 0 Å². The van der Waals surface area contributed by atoms with Crippen LogP contribution in [0.3, 0.4) is 0 Å².